The first-order valence-electron chi connectivity index (χ1n) is 5.05. The summed E-state index contributed by atoms with van der Waals surface area (Å²) in [5, 5.41) is 8.30. The van der Waals surface area contributed by atoms with E-state index >= 15 is 0 Å². The van der Waals surface area contributed by atoms with E-state index in [-0.39, 0.29) is 6.08 Å². The number of allylic oxidation sites excluding steroid dienone is 1. The minimum Gasteiger partial charge on any atom is -0.478 e. The van der Waals surface area contributed by atoms with Gasteiger partial charge in [0.2, 0.25) is 5.76 Å². The number of carboxylic acid groups (broad SMARTS) is 1. The molecular weight excluding hydrogens is 301 g/mol. The third kappa shape index (κ3) is 4.26. The minimum atomic E-state index is -5.24. The highest BCUT2D eigenvalue weighted by molar-refractivity contribution is 7.86. The minimum absolute atomic E-state index is 0.355. The van der Waals surface area contributed by atoms with E-state index in [1.54, 1.807) is 6.92 Å². The van der Waals surface area contributed by atoms with Gasteiger partial charge in [0, 0.05) is 0 Å². The maximum atomic E-state index is 12.5. The highest BCUT2D eigenvalue weighted by Gasteiger charge is 2.40. The van der Waals surface area contributed by atoms with Crippen molar-refractivity contribution in [3.63, 3.8) is 0 Å². The average molecular weight is 310 g/mol. The topological polar surface area (TPSA) is 80.7 Å². The number of aryl methyl sites for hydroxylation is 1. The lowest BCUT2D eigenvalue weighted by Crippen LogP contribution is -2.20. The Morgan fingerprint density at radius 3 is 2.15 bits per heavy atom. The van der Waals surface area contributed by atoms with Gasteiger partial charge in [-0.05, 0) is 19.1 Å². The van der Waals surface area contributed by atoms with Crippen molar-refractivity contribution in [1.82, 2.24) is 0 Å². The molecule has 1 N–H and O–H groups in total. The Kier molecular flexibility index (Phi) is 4.43. The summed E-state index contributed by atoms with van der Waals surface area (Å²) in [6.07, 6.45) is -5.60. The maximum absolute atomic E-state index is 12.5. The van der Waals surface area contributed by atoms with Crippen LogP contribution in [0.5, 0.6) is 0 Å². The molecule has 0 spiro atoms. The smallest absolute Gasteiger partial charge is 0.450 e. The lowest BCUT2D eigenvalue weighted by Gasteiger charge is -2.12. The van der Waals surface area contributed by atoms with Crippen LogP contribution in [0.4, 0.5) is 13.2 Å². The number of carbonyl (C=O) groups is 1. The average Bonchev–Trinajstić information content (AvgIpc) is 2.26. The Bertz CT molecular complexity index is 629. The maximum Gasteiger partial charge on any atom is 0.450 e. The first-order valence-corrected chi connectivity index (χ1v) is 6.46. The number of benzene rings is 1. The van der Waals surface area contributed by atoms with Crippen LogP contribution in [0.15, 0.2) is 41.0 Å². The molecule has 5 nitrogen and oxygen atoms in total. The van der Waals surface area contributed by atoms with E-state index in [1.807, 2.05) is 0 Å². The molecule has 0 amide bonds. The second-order valence-electron chi connectivity index (χ2n) is 3.70. The number of alkyl halides is 3. The molecule has 0 aliphatic carbocycles. The van der Waals surface area contributed by atoms with Crippen molar-refractivity contribution < 1.29 is 35.7 Å². The van der Waals surface area contributed by atoms with Crippen LogP contribution >= 0.6 is 0 Å². The fourth-order valence-electron chi connectivity index (χ4n) is 1.14. The lowest BCUT2D eigenvalue weighted by atomic mass is 10.2. The number of halogens is 3. The fourth-order valence-corrected chi connectivity index (χ4v) is 2.08. The molecule has 0 saturated heterocycles. The largest absolute Gasteiger partial charge is 0.478 e. The molecule has 1 aromatic carbocycles. The van der Waals surface area contributed by atoms with Gasteiger partial charge in [0.25, 0.3) is 0 Å². The highest BCUT2D eigenvalue weighted by Crippen LogP contribution is 2.29. The van der Waals surface area contributed by atoms with Crippen LogP contribution in [0.25, 0.3) is 0 Å². The van der Waals surface area contributed by atoms with Gasteiger partial charge in [-0.3, -0.25) is 0 Å². The first-order chi connectivity index (χ1) is 9.02. The van der Waals surface area contributed by atoms with Crippen LogP contribution in [-0.4, -0.2) is 25.7 Å². The van der Waals surface area contributed by atoms with Crippen LogP contribution < -0.4 is 0 Å². The van der Waals surface area contributed by atoms with Gasteiger partial charge in [0.05, 0.1) is 6.08 Å². The molecule has 0 saturated carbocycles. The van der Waals surface area contributed by atoms with Crippen molar-refractivity contribution >= 4 is 16.1 Å². The molecule has 0 heterocycles. The van der Waals surface area contributed by atoms with Crippen molar-refractivity contribution in [2.75, 3.05) is 0 Å². The van der Waals surface area contributed by atoms with E-state index in [0.717, 1.165) is 12.1 Å². The van der Waals surface area contributed by atoms with Crippen LogP contribution in [0, 0.1) is 6.92 Å². The van der Waals surface area contributed by atoms with Crippen molar-refractivity contribution in [2.45, 2.75) is 18.0 Å². The summed E-state index contributed by atoms with van der Waals surface area (Å²) in [5.74, 6) is -4.10. The van der Waals surface area contributed by atoms with Crippen LogP contribution in [0.3, 0.4) is 0 Å². The van der Waals surface area contributed by atoms with E-state index in [1.165, 1.54) is 12.1 Å². The summed E-state index contributed by atoms with van der Waals surface area (Å²) >= 11 is 0. The number of aliphatic carboxylic acids is 1. The van der Waals surface area contributed by atoms with Gasteiger partial charge in [-0.2, -0.15) is 21.6 Å². The molecule has 0 aromatic heterocycles. The molecule has 0 aliphatic heterocycles. The molecule has 1 aromatic rings. The quantitative estimate of drug-likeness (QED) is 0.524. The van der Waals surface area contributed by atoms with Crippen molar-refractivity contribution in [2.24, 2.45) is 0 Å². The number of rotatable bonds is 4. The SMILES string of the molecule is Cc1ccc(S(=O)(=O)OC(=CC(=O)O)C(F)(F)F)cc1. The molecule has 0 aliphatic rings. The Balaban J connectivity index is 3.16. The molecule has 110 valence electrons. The zero-order chi connectivity index (χ0) is 15.6. The predicted molar refractivity (Wildman–Crippen MR) is 61.2 cm³/mol. The van der Waals surface area contributed by atoms with E-state index in [2.05, 4.69) is 4.18 Å². The highest BCUT2D eigenvalue weighted by atomic mass is 32.2. The number of hydrogen-bond donors (Lipinski definition) is 1. The zero-order valence-electron chi connectivity index (χ0n) is 10.0. The first kappa shape index (κ1) is 16.0. The lowest BCUT2D eigenvalue weighted by molar-refractivity contribution is -0.134. The summed E-state index contributed by atoms with van der Waals surface area (Å²) in [7, 11) is -4.76. The summed E-state index contributed by atoms with van der Waals surface area (Å²) < 4.78 is 64.5. The molecular formula is C11H9F3O5S. The van der Waals surface area contributed by atoms with E-state index < -0.39 is 32.9 Å². The summed E-state index contributed by atoms with van der Waals surface area (Å²) in [4.78, 5) is 9.76. The molecule has 0 unspecified atom stereocenters. The molecule has 1 rings (SSSR count). The van der Waals surface area contributed by atoms with Crippen LogP contribution in [-0.2, 0) is 19.1 Å². The van der Waals surface area contributed by atoms with Gasteiger partial charge in [-0.15, -0.1) is 0 Å². The van der Waals surface area contributed by atoms with Crippen molar-refractivity contribution in [1.29, 1.82) is 0 Å². The third-order valence-corrected chi connectivity index (χ3v) is 3.29. The van der Waals surface area contributed by atoms with Gasteiger partial charge < -0.3 is 9.29 Å². The van der Waals surface area contributed by atoms with E-state index in [0.29, 0.717) is 5.56 Å². The van der Waals surface area contributed by atoms with Gasteiger partial charge >= 0.3 is 22.3 Å². The van der Waals surface area contributed by atoms with Gasteiger partial charge in [-0.1, -0.05) is 17.7 Å². The Labute approximate surface area is 112 Å². The molecule has 0 atom stereocenters. The Morgan fingerprint density at radius 2 is 1.75 bits per heavy atom. The predicted octanol–water partition coefficient (Wildman–Crippen LogP) is 2.23. The van der Waals surface area contributed by atoms with Crippen molar-refractivity contribution in [3.8, 4) is 0 Å². The summed E-state index contributed by atoms with van der Waals surface area (Å²) in [5.41, 5.74) is 0.695. The monoisotopic (exact) mass is 310 g/mol. The number of hydrogen-bond acceptors (Lipinski definition) is 4. The Hall–Kier alpha value is -2.03. The van der Waals surface area contributed by atoms with Gasteiger partial charge in [0.15, 0.2) is 0 Å². The standard InChI is InChI=1S/C11H9F3O5S/c1-7-2-4-8(5-3-7)20(17,18)19-9(6-10(15)16)11(12,13)14/h2-6H,1H3,(H,15,16). The molecule has 20 heavy (non-hydrogen) atoms. The van der Waals surface area contributed by atoms with Gasteiger partial charge in [0.1, 0.15) is 4.90 Å². The summed E-state index contributed by atoms with van der Waals surface area (Å²) in [6, 6.07) is 4.84. The molecule has 0 fully saturated rings. The summed E-state index contributed by atoms with van der Waals surface area (Å²) in [6.45, 7) is 1.66. The second kappa shape index (κ2) is 5.53. The van der Waals surface area contributed by atoms with Crippen molar-refractivity contribution in [3.05, 3.63) is 41.7 Å². The normalized spacial score (nSPS) is 13.1. The van der Waals surface area contributed by atoms with E-state index in [9.17, 15) is 26.4 Å². The zero-order valence-corrected chi connectivity index (χ0v) is 10.8. The van der Waals surface area contributed by atoms with Crippen LogP contribution in [0.2, 0.25) is 0 Å². The van der Waals surface area contributed by atoms with E-state index in [4.69, 9.17) is 5.11 Å². The van der Waals surface area contributed by atoms with Gasteiger partial charge in [-0.25, -0.2) is 4.79 Å². The third-order valence-electron chi connectivity index (χ3n) is 2.04. The second-order valence-corrected chi connectivity index (χ2v) is 5.24. The van der Waals surface area contributed by atoms with Crippen LogP contribution in [0.1, 0.15) is 5.56 Å². The molecule has 0 radical (unpaired) electrons. The number of carboxylic acids is 1. The Morgan fingerprint density at radius 1 is 1.25 bits per heavy atom. The molecule has 9 heteroatoms. The fraction of sp³-hybridized carbons (Fsp3) is 0.182. The molecule has 0 bridgehead atoms.